The molecule has 0 radical (unpaired) electrons. The molecule has 1 nitrogen and oxygen atoms in total. The van der Waals surface area contributed by atoms with Crippen LogP contribution >= 0.6 is 27.7 Å². The third kappa shape index (κ3) is 4.84. The summed E-state index contributed by atoms with van der Waals surface area (Å²) >= 11 is 5.02. The average Bonchev–Trinajstić information content (AvgIpc) is 2.38. The Morgan fingerprint density at radius 3 is 2.58 bits per heavy atom. The van der Waals surface area contributed by atoms with Gasteiger partial charge in [0.05, 0.1) is 5.75 Å². The van der Waals surface area contributed by atoms with Crippen molar-refractivity contribution in [3.05, 3.63) is 64.1 Å². The highest BCUT2D eigenvalue weighted by Crippen LogP contribution is 2.19. The summed E-state index contributed by atoms with van der Waals surface area (Å²) in [7, 11) is 0. The van der Waals surface area contributed by atoms with Gasteiger partial charge in [-0.15, -0.1) is 11.8 Å². The average molecular weight is 335 g/mol. The molecule has 2 rings (SSSR count). The zero-order valence-corrected chi connectivity index (χ0v) is 13.1. The van der Waals surface area contributed by atoms with Crippen molar-refractivity contribution in [2.75, 3.05) is 5.75 Å². The number of thioether (sulfide) groups is 1. The van der Waals surface area contributed by atoms with E-state index < -0.39 is 0 Å². The first-order valence-electron chi connectivity index (χ1n) is 6.09. The van der Waals surface area contributed by atoms with E-state index >= 15 is 0 Å². The SMILES string of the molecule is Cc1ccc(SCC(=O)Cc2cccc(Br)c2)cc1. The molecule has 0 spiro atoms. The van der Waals surface area contributed by atoms with Crippen LogP contribution in [-0.4, -0.2) is 11.5 Å². The monoisotopic (exact) mass is 334 g/mol. The summed E-state index contributed by atoms with van der Waals surface area (Å²) in [6.07, 6.45) is 0.498. The Balaban J connectivity index is 1.86. The predicted octanol–water partition coefficient (Wildman–Crippen LogP) is 4.66. The fourth-order valence-corrected chi connectivity index (χ4v) is 2.93. The Morgan fingerprint density at radius 2 is 1.89 bits per heavy atom. The number of hydrogen-bond acceptors (Lipinski definition) is 2. The molecule has 0 unspecified atom stereocenters. The second-order valence-electron chi connectivity index (χ2n) is 4.45. The third-order valence-corrected chi connectivity index (χ3v) is 4.28. The molecule has 0 bridgehead atoms. The van der Waals surface area contributed by atoms with Gasteiger partial charge in [0.2, 0.25) is 0 Å². The lowest BCUT2D eigenvalue weighted by atomic mass is 10.1. The number of ketones is 1. The second kappa shape index (κ2) is 6.92. The quantitative estimate of drug-likeness (QED) is 0.739. The van der Waals surface area contributed by atoms with Gasteiger partial charge < -0.3 is 0 Å². The smallest absolute Gasteiger partial charge is 0.147 e. The number of hydrogen-bond donors (Lipinski definition) is 0. The Hall–Kier alpha value is -1.06. The van der Waals surface area contributed by atoms with Crippen LogP contribution in [0.1, 0.15) is 11.1 Å². The van der Waals surface area contributed by atoms with Crippen LogP contribution in [0.4, 0.5) is 0 Å². The van der Waals surface area contributed by atoms with Crippen LogP contribution in [0.25, 0.3) is 0 Å². The van der Waals surface area contributed by atoms with Crippen LogP contribution in [0.5, 0.6) is 0 Å². The molecule has 98 valence electrons. The van der Waals surface area contributed by atoms with Crippen LogP contribution in [0.3, 0.4) is 0 Å². The molecule has 2 aromatic carbocycles. The Labute approximate surface area is 126 Å². The minimum absolute atomic E-state index is 0.253. The zero-order chi connectivity index (χ0) is 13.7. The number of benzene rings is 2. The number of Topliss-reactive ketones (excluding diaryl/α,β-unsaturated/α-hetero) is 1. The molecule has 3 heteroatoms. The van der Waals surface area contributed by atoms with Gasteiger partial charge in [0.25, 0.3) is 0 Å². The van der Waals surface area contributed by atoms with Crippen molar-refractivity contribution in [3.63, 3.8) is 0 Å². The molecule has 0 aliphatic heterocycles. The van der Waals surface area contributed by atoms with Crippen LogP contribution < -0.4 is 0 Å². The summed E-state index contributed by atoms with van der Waals surface area (Å²) in [5.41, 5.74) is 2.30. The van der Waals surface area contributed by atoms with E-state index in [0.29, 0.717) is 12.2 Å². The highest BCUT2D eigenvalue weighted by atomic mass is 79.9. The van der Waals surface area contributed by atoms with Crippen molar-refractivity contribution < 1.29 is 4.79 Å². The molecule has 0 aliphatic rings. The maximum Gasteiger partial charge on any atom is 0.147 e. The van der Waals surface area contributed by atoms with Gasteiger partial charge >= 0.3 is 0 Å². The van der Waals surface area contributed by atoms with Gasteiger partial charge in [-0.3, -0.25) is 4.79 Å². The van der Waals surface area contributed by atoms with Crippen molar-refractivity contribution in [3.8, 4) is 0 Å². The lowest BCUT2D eigenvalue weighted by molar-refractivity contribution is -0.116. The molecule has 0 fully saturated rings. The second-order valence-corrected chi connectivity index (χ2v) is 6.41. The molecule has 0 aliphatic carbocycles. The topological polar surface area (TPSA) is 17.1 Å². The molecule has 0 atom stereocenters. The highest BCUT2D eigenvalue weighted by molar-refractivity contribution is 9.10. The maximum atomic E-state index is 11.9. The molecular weight excluding hydrogens is 320 g/mol. The predicted molar refractivity (Wildman–Crippen MR) is 84.8 cm³/mol. The van der Waals surface area contributed by atoms with Gasteiger partial charge in [0.15, 0.2) is 0 Å². The summed E-state index contributed by atoms with van der Waals surface area (Å²) in [5.74, 6) is 0.777. The minimum Gasteiger partial charge on any atom is -0.298 e. The van der Waals surface area contributed by atoms with Crippen molar-refractivity contribution in [2.24, 2.45) is 0 Å². The normalized spacial score (nSPS) is 10.4. The minimum atomic E-state index is 0.253. The molecule has 0 aromatic heterocycles. The van der Waals surface area contributed by atoms with E-state index in [9.17, 15) is 4.79 Å². The number of aryl methyl sites for hydroxylation is 1. The first-order valence-corrected chi connectivity index (χ1v) is 7.87. The number of carbonyl (C=O) groups excluding carboxylic acids is 1. The molecule has 2 aromatic rings. The maximum absolute atomic E-state index is 11.9. The molecule has 0 amide bonds. The summed E-state index contributed by atoms with van der Waals surface area (Å²) in [6, 6.07) is 16.2. The largest absolute Gasteiger partial charge is 0.298 e. The summed E-state index contributed by atoms with van der Waals surface area (Å²) in [6.45, 7) is 2.06. The van der Waals surface area contributed by atoms with E-state index in [4.69, 9.17) is 0 Å². The molecule has 0 N–H and O–H groups in total. The van der Waals surface area contributed by atoms with Crippen molar-refractivity contribution in [1.82, 2.24) is 0 Å². The fraction of sp³-hybridized carbons (Fsp3) is 0.188. The summed E-state index contributed by atoms with van der Waals surface area (Å²) < 4.78 is 1.02. The van der Waals surface area contributed by atoms with Gasteiger partial charge in [0.1, 0.15) is 5.78 Å². The lowest BCUT2D eigenvalue weighted by Crippen LogP contribution is -2.05. The van der Waals surface area contributed by atoms with Gasteiger partial charge in [0, 0.05) is 15.8 Å². The van der Waals surface area contributed by atoms with Gasteiger partial charge in [-0.2, -0.15) is 0 Å². The summed E-state index contributed by atoms with van der Waals surface area (Å²) in [5, 5.41) is 0. The van der Waals surface area contributed by atoms with Gasteiger partial charge in [-0.25, -0.2) is 0 Å². The highest BCUT2D eigenvalue weighted by Gasteiger charge is 2.05. The first kappa shape index (κ1) is 14.4. The van der Waals surface area contributed by atoms with Gasteiger partial charge in [-0.05, 0) is 36.8 Å². The molecule has 0 heterocycles. The van der Waals surface area contributed by atoms with E-state index in [1.807, 2.05) is 24.3 Å². The van der Waals surface area contributed by atoms with E-state index in [1.165, 1.54) is 5.56 Å². The van der Waals surface area contributed by atoms with Crippen molar-refractivity contribution >= 4 is 33.5 Å². The molecule has 0 saturated heterocycles. The van der Waals surface area contributed by atoms with Crippen molar-refractivity contribution in [2.45, 2.75) is 18.2 Å². The standard InChI is InChI=1S/C16H15BrOS/c1-12-5-7-16(8-6-12)19-11-15(18)10-13-3-2-4-14(17)9-13/h2-9H,10-11H2,1H3. The van der Waals surface area contributed by atoms with Crippen molar-refractivity contribution in [1.29, 1.82) is 0 Å². The van der Waals surface area contributed by atoms with E-state index in [2.05, 4.69) is 47.1 Å². The summed E-state index contributed by atoms with van der Waals surface area (Å²) in [4.78, 5) is 13.1. The Kier molecular flexibility index (Phi) is 5.23. The number of halogens is 1. The Morgan fingerprint density at radius 1 is 1.16 bits per heavy atom. The van der Waals surface area contributed by atoms with Crippen LogP contribution in [0, 0.1) is 6.92 Å². The van der Waals surface area contributed by atoms with Crippen LogP contribution in [-0.2, 0) is 11.2 Å². The van der Waals surface area contributed by atoms with E-state index in [1.54, 1.807) is 11.8 Å². The Bertz CT molecular complexity index is 563. The molecule has 19 heavy (non-hydrogen) atoms. The van der Waals surface area contributed by atoms with E-state index in [0.717, 1.165) is 14.9 Å². The number of rotatable bonds is 5. The molecular formula is C16H15BrOS. The van der Waals surface area contributed by atoms with Crippen LogP contribution in [0.2, 0.25) is 0 Å². The first-order chi connectivity index (χ1) is 9.13. The number of carbonyl (C=O) groups is 1. The molecule has 0 saturated carbocycles. The third-order valence-electron chi connectivity index (χ3n) is 2.71. The van der Waals surface area contributed by atoms with E-state index in [-0.39, 0.29) is 5.78 Å². The fourth-order valence-electron chi connectivity index (χ4n) is 1.72. The van der Waals surface area contributed by atoms with Gasteiger partial charge in [-0.1, -0.05) is 45.8 Å². The lowest BCUT2D eigenvalue weighted by Gasteiger charge is -2.03. The zero-order valence-electron chi connectivity index (χ0n) is 10.7. The van der Waals surface area contributed by atoms with Crippen LogP contribution in [0.15, 0.2) is 57.9 Å².